The van der Waals surface area contributed by atoms with E-state index in [0.717, 1.165) is 19.3 Å². The van der Waals surface area contributed by atoms with Gasteiger partial charge in [0.15, 0.2) is 11.5 Å². The van der Waals surface area contributed by atoms with E-state index in [9.17, 15) is 24.3 Å². The molecule has 0 amide bonds. The van der Waals surface area contributed by atoms with Crippen LogP contribution >= 0.6 is 0 Å². The van der Waals surface area contributed by atoms with Crippen LogP contribution in [0.2, 0.25) is 0 Å². The molecule has 1 rings (SSSR count). The SMILES string of the molecule is CCCC(C)OC(=O)O[C@@H](C)CC(N)(Cc1ccc(OC(=O)CC(C)CC)c(OC(=O)CC(C)CC)c1)C(=O)O. The quantitative estimate of drug-likeness (QED) is 0.175. The molecule has 1 aromatic rings. The highest BCUT2D eigenvalue weighted by Gasteiger charge is 2.37. The number of rotatable bonds is 17. The van der Waals surface area contributed by atoms with E-state index in [1.54, 1.807) is 13.0 Å². The number of carboxylic acid groups (broad SMARTS) is 1. The van der Waals surface area contributed by atoms with Crippen molar-refractivity contribution in [3.63, 3.8) is 0 Å². The van der Waals surface area contributed by atoms with Crippen LogP contribution in [0, 0.1) is 11.8 Å². The predicted octanol–water partition coefficient (Wildman–Crippen LogP) is 5.81. The van der Waals surface area contributed by atoms with Crippen molar-refractivity contribution in [2.75, 3.05) is 0 Å². The second kappa shape index (κ2) is 16.8. The summed E-state index contributed by atoms with van der Waals surface area (Å²) in [6.45, 7) is 13.0. The van der Waals surface area contributed by atoms with Gasteiger partial charge in [-0.1, -0.05) is 59.9 Å². The van der Waals surface area contributed by atoms with Gasteiger partial charge in [-0.3, -0.25) is 14.4 Å². The molecule has 0 saturated carbocycles. The van der Waals surface area contributed by atoms with Crippen molar-refractivity contribution in [1.82, 2.24) is 0 Å². The minimum Gasteiger partial charge on any atom is -0.480 e. The van der Waals surface area contributed by atoms with E-state index in [2.05, 4.69) is 0 Å². The molecule has 0 fully saturated rings. The minimum atomic E-state index is -1.82. The molecule has 0 heterocycles. The van der Waals surface area contributed by atoms with E-state index in [4.69, 9.17) is 24.7 Å². The van der Waals surface area contributed by atoms with Crippen LogP contribution in [0.3, 0.4) is 0 Å². The van der Waals surface area contributed by atoms with Crippen LogP contribution in [-0.2, 0) is 30.3 Å². The fraction of sp³-hybridized carbons (Fsp3) is 0.667. The Balaban J connectivity index is 3.15. The van der Waals surface area contributed by atoms with Gasteiger partial charge in [-0.2, -0.15) is 0 Å². The zero-order chi connectivity index (χ0) is 30.5. The van der Waals surface area contributed by atoms with Crippen LogP contribution in [0.5, 0.6) is 11.5 Å². The molecular weight excluding hydrogens is 518 g/mol. The van der Waals surface area contributed by atoms with Crippen molar-refractivity contribution in [1.29, 1.82) is 0 Å². The summed E-state index contributed by atoms with van der Waals surface area (Å²) in [5.74, 6) is -1.98. The number of aliphatic carboxylic acids is 1. The van der Waals surface area contributed by atoms with Gasteiger partial charge in [0.05, 0.1) is 0 Å². The van der Waals surface area contributed by atoms with Gasteiger partial charge in [-0.15, -0.1) is 0 Å². The number of esters is 2. The smallest absolute Gasteiger partial charge is 0.480 e. The van der Waals surface area contributed by atoms with Gasteiger partial charge < -0.3 is 29.8 Å². The van der Waals surface area contributed by atoms with E-state index < -0.39 is 35.7 Å². The number of benzene rings is 1. The molecule has 0 aromatic heterocycles. The maximum atomic E-state index is 12.6. The first-order chi connectivity index (χ1) is 18.7. The zero-order valence-electron chi connectivity index (χ0n) is 25.0. The third-order valence-corrected chi connectivity index (χ3v) is 6.77. The molecule has 1 aromatic carbocycles. The maximum absolute atomic E-state index is 12.6. The van der Waals surface area contributed by atoms with Crippen LogP contribution in [0.25, 0.3) is 0 Å². The molecule has 0 radical (unpaired) electrons. The lowest BCUT2D eigenvalue weighted by atomic mass is 9.86. The topological polar surface area (TPSA) is 151 Å². The Morgan fingerprint density at radius 1 is 0.850 bits per heavy atom. The molecule has 0 aliphatic rings. The molecule has 0 aliphatic carbocycles. The minimum absolute atomic E-state index is 0.00818. The largest absolute Gasteiger partial charge is 0.508 e. The number of carbonyl (C=O) groups excluding carboxylic acids is 3. The number of hydrogen-bond donors (Lipinski definition) is 2. The number of nitrogens with two attached hydrogens (primary N) is 1. The van der Waals surface area contributed by atoms with Crippen molar-refractivity contribution in [2.24, 2.45) is 17.6 Å². The second-order valence-corrected chi connectivity index (χ2v) is 10.9. The van der Waals surface area contributed by atoms with E-state index in [0.29, 0.717) is 12.0 Å². The number of carboxylic acids is 1. The van der Waals surface area contributed by atoms with Crippen molar-refractivity contribution >= 4 is 24.1 Å². The van der Waals surface area contributed by atoms with Gasteiger partial charge in [-0.05, 0) is 49.8 Å². The molecule has 4 unspecified atom stereocenters. The maximum Gasteiger partial charge on any atom is 0.508 e. The van der Waals surface area contributed by atoms with Gasteiger partial charge in [0.2, 0.25) is 0 Å². The lowest BCUT2D eigenvalue weighted by molar-refractivity contribution is -0.145. The first-order valence-electron chi connectivity index (χ1n) is 14.2. The Bertz CT molecular complexity index is 995. The van der Waals surface area contributed by atoms with Gasteiger partial charge in [-0.25, -0.2) is 4.79 Å². The fourth-order valence-electron chi connectivity index (χ4n) is 3.99. The standard InChI is InChI=1S/C30H47NO9/c1-8-11-21(6)37-29(36)38-22(7)17-30(31,28(34)35)18-23-12-13-24(39-26(32)14-19(4)9-2)25(16-23)40-27(33)15-20(5)10-3/h12-13,16,19-22H,8-11,14-15,17-18,31H2,1-7H3,(H,34,35)/t19?,20?,21?,22-,30?/m0/s1. The summed E-state index contributed by atoms with van der Waals surface area (Å²) < 4.78 is 21.5. The average Bonchev–Trinajstić information content (AvgIpc) is 2.84. The van der Waals surface area contributed by atoms with Crippen molar-refractivity contribution < 1.29 is 43.2 Å². The highest BCUT2D eigenvalue weighted by Crippen LogP contribution is 2.32. The van der Waals surface area contributed by atoms with Crippen LogP contribution in [-0.4, -0.2) is 46.9 Å². The molecule has 40 heavy (non-hydrogen) atoms. The first kappa shape index (κ1) is 34.9. The molecule has 0 spiro atoms. The molecule has 0 bridgehead atoms. The lowest BCUT2D eigenvalue weighted by Crippen LogP contribution is -2.52. The number of hydrogen-bond acceptors (Lipinski definition) is 9. The van der Waals surface area contributed by atoms with E-state index in [-0.39, 0.29) is 55.1 Å². The molecule has 0 saturated heterocycles. The molecule has 3 N–H and O–H groups in total. The van der Waals surface area contributed by atoms with Crippen LogP contribution < -0.4 is 15.2 Å². The van der Waals surface area contributed by atoms with Gasteiger partial charge >= 0.3 is 24.1 Å². The average molecular weight is 566 g/mol. The zero-order valence-corrected chi connectivity index (χ0v) is 25.0. The van der Waals surface area contributed by atoms with Crippen LogP contribution in [0.4, 0.5) is 4.79 Å². The third-order valence-electron chi connectivity index (χ3n) is 6.77. The highest BCUT2D eigenvalue weighted by atomic mass is 16.7. The van der Waals surface area contributed by atoms with E-state index in [1.807, 2.05) is 34.6 Å². The monoisotopic (exact) mass is 565 g/mol. The molecule has 10 nitrogen and oxygen atoms in total. The summed E-state index contributed by atoms with van der Waals surface area (Å²) >= 11 is 0. The molecule has 10 heteroatoms. The van der Waals surface area contributed by atoms with Gasteiger partial charge in [0.1, 0.15) is 17.7 Å². The Hall–Kier alpha value is -3.14. The summed E-state index contributed by atoms with van der Waals surface area (Å²) in [7, 11) is 0. The summed E-state index contributed by atoms with van der Waals surface area (Å²) in [6, 6.07) is 4.48. The summed E-state index contributed by atoms with van der Waals surface area (Å²) in [6.07, 6.45) is 1.01. The Kier molecular flexibility index (Phi) is 14.7. The van der Waals surface area contributed by atoms with Crippen molar-refractivity contribution in [3.05, 3.63) is 23.8 Å². The number of ether oxygens (including phenoxy) is 4. The molecular formula is C30H47NO9. The highest BCUT2D eigenvalue weighted by molar-refractivity contribution is 5.79. The summed E-state index contributed by atoms with van der Waals surface area (Å²) in [5, 5.41) is 9.96. The summed E-state index contributed by atoms with van der Waals surface area (Å²) in [5.41, 5.74) is 4.91. The third kappa shape index (κ3) is 12.4. The Labute approximate surface area is 237 Å². The predicted molar refractivity (Wildman–Crippen MR) is 150 cm³/mol. The second-order valence-electron chi connectivity index (χ2n) is 10.9. The van der Waals surface area contributed by atoms with Crippen molar-refractivity contribution in [3.8, 4) is 11.5 Å². The Morgan fingerprint density at radius 2 is 1.38 bits per heavy atom. The van der Waals surface area contributed by atoms with Crippen LogP contribution in [0.1, 0.15) is 99.0 Å². The number of carbonyl (C=O) groups is 4. The molecule has 5 atom stereocenters. The van der Waals surface area contributed by atoms with Crippen LogP contribution in [0.15, 0.2) is 18.2 Å². The molecule has 0 aliphatic heterocycles. The molecule has 226 valence electrons. The first-order valence-corrected chi connectivity index (χ1v) is 14.2. The Morgan fingerprint density at radius 3 is 1.88 bits per heavy atom. The fourth-order valence-corrected chi connectivity index (χ4v) is 3.99. The van der Waals surface area contributed by atoms with Gasteiger partial charge in [0.25, 0.3) is 0 Å². The van der Waals surface area contributed by atoms with E-state index >= 15 is 0 Å². The van der Waals surface area contributed by atoms with E-state index in [1.165, 1.54) is 19.1 Å². The van der Waals surface area contributed by atoms with Crippen molar-refractivity contribution in [2.45, 2.75) is 118 Å². The lowest BCUT2D eigenvalue weighted by Gasteiger charge is -2.28. The van der Waals surface area contributed by atoms with Gasteiger partial charge in [0, 0.05) is 25.7 Å². The summed E-state index contributed by atoms with van der Waals surface area (Å²) in [4.78, 5) is 49.3. The normalized spacial score (nSPS) is 15.6.